The molecule has 0 radical (unpaired) electrons. The summed E-state index contributed by atoms with van der Waals surface area (Å²) in [6.45, 7) is 5.29. The molecule has 0 unspecified atom stereocenters. The smallest absolute Gasteiger partial charge is 0.312 e. The predicted molar refractivity (Wildman–Crippen MR) is 109 cm³/mol. The number of hydrogen-bond acceptors (Lipinski definition) is 8. The van der Waals surface area contributed by atoms with E-state index in [0.717, 1.165) is 0 Å². The number of hydrogen-bond donors (Lipinski definition) is 0. The molecule has 1 aromatic heterocycles. The summed E-state index contributed by atoms with van der Waals surface area (Å²) in [5.74, 6) is 0.602. The Balaban J connectivity index is 2.04. The highest BCUT2D eigenvalue weighted by Gasteiger charge is 2.21. The maximum absolute atomic E-state index is 11.5. The van der Waals surface area contributed by atoms with Crippen molar-refractivity contribution in [2.24, 2.45) is 10.2 Å². The molecule has 8 nitrogen and oxygen atoms in total. The second-order valence-corrected chi connectivity index (χ2v) is 6.43. The van der Waals surface area contributed by atoms with Crippen molar-refractivity contribution >= 4 is 33.9 Å². The van der Waals surface area contributed by atoms with Gasteiger partial charge in [-0.3, -0.25) is 10.1 Å². The van der Waals surface area contributed by atoms with Gasteiger partial charge in [-0.15, -0.1) is 4.91 Å². The Labute approximate surface area is 164 Å². The Hall–Kier alpha value is -3.72. The van der Waals surface area contributed by atoms with Crippen LogP contribution in [0, 0.1) is 15.0 Å². The first-order chi connectivity index (χ1) is 13.5. The van der Waals surface area contributed by atoms with E-state index in [-0.39, 0.29) is 22.8 Å². The third-order valence-electron chi connectivity index (χ3n) is 3.61. The predicted octanol–water partition coefficient (Wildman–Crippen LogP) is 5.97. The van der Waals surface area contributed by atoms with Crippen LogP contribution in [-0.4, -0.2) is 16.1 Å². The van der Waals surface area contributed by atoms with Crippen molar-refractivity contribution in [3.63, 3.8) is 0 Å². The van der Waals surface area contributed by atoms with E-state index in [1.54, 1.807) is 43.5 Å². The summed E-state index contributed by atoms with van der Waals surface area (Å²) in [4.78, 5) is 30.3. The van der Waals surface area contributed by atoms with Crippen molar-refractivity contribution < 1.29 is 9.66 Å². The number of nitro benzene ring substituents is 1. The van der Waals surface area contributed by atoms with Gasteiger partial charge < -0.3 is 4.74 Å². The monoisotopic (exact) mass is 394 g/mol. The van der Waals surface area contributed by atoms with E-state index in [9.17, 15) is 15.0 Å². The molecule has 28 heavy (non-hydrogen) atoms. The summed E-state index contributed by atoms with van der Waals surface area (Å²) in [6, 6.07) is 13.3. The van der Waals surface area contributed by atoms with Gasteiger partial charge >= 0.3 is 5.69 Å². The first-order valence-electron chi connectivity index (χ1n) is 8.07. The molecule has 3 rings (SSSR count). The molecule has 0 aliphatic rings. The van der Waals surface area contributed by atoms with Gasteiger partial charge in [0.25, 0.3) is 0 Å². The summed E-state index contributed by atoms with van der Waals surface area (Å²) in [5, 5.41) is 15.3. The van der Waals surface area contributed by atoms with Crippen LogP contribution in [0.2, 0.25) is 0 Å². The second kappa shape index (κ2) is 8.31. The molecular weight excluding hydrogens is 380 g/mol. The molecule has 0 spiro atoms. The molecule has 0 saturated carbocycles. The van der Waals surface area contributed by atoms with Crippen molar-refractivity contribution in [1.29, 1.82) is 0 Å². The fourth-order valence-electron chi connectivity index (χ4n) is 2.37. The van der Waals surface area contributed by atoms with Crippen LogP contribution in [-0.2, 0) is 0 Å². The molecule has 0 fully saturated rings. The normalized spacial score (nSPS) is 10.8. The number of nitro groups is 1. The number of ether oxygens (including phenoxy) is 1. The Kier molecular flexibility index (Phi) is 5.66. The molecule has 0 atom stereocenters. The summed E-state index contributed by atoms with van der Waals surface area (Å²) >= 11 is 1.18. The lowest BCUT2D eigenvalue weighted by Crippen LogP contribution is -1.94. The van der Waals surface area contributed by atoms with Crippen LogP contribution in [0.1, 0.15) is 12.6 Å². The van der Waals surface area contributed by atoms with Gasteiger partial charge in [-0.25, -0.2) is 9.98 Å². The Morgan fingerprint density at radius 2 is 2.04 bits per heavy atom. The maximum Gasteiger partial charge on any atom is 0.312 e. The van der Waals surface area contributed by atoms with Crippen LogP contribution in [0.4, 0.5) is 10.7 Å². The van der Waals surface area contributed by atoms with Crippen molar-refractivity contribution in [2.75, 3.05) is 0 Å². The molecule has 9 heteroatoms. The quantitative estimate of drug-likeness (QED) is 0.212. The number of aliphatic imine (C=N–C) groups is 1. The lowest BCUT2D eigenvalue weighted by atomic mass is 10.2. The number of nitroso groups, excluding NO2 is 1. The number of nitrogens with zero attached hydrogens (tertiary/aromatic N) is 4. The van der Waals surface area contributed by atoms with Crippen LogP contribution < -0.4 is 4.74 Å². The fraction of sp³-hybridized carbons (Fsp3) is 0.0526. The molecule has 1 heterocycles. The molecule has 0 aliphatic heterocycles. The first kappa shape index (κ1) is 19.1. The summed E-state index contributed by atoms with van der Waals surface area (Å²) in [6.07, 6.45) is 1.55. The molecular formula is C19H14N4O4S. The standard InChI is InChI=1S/C19H14N4O4S/c1-3-20-19-17(12(2)22-24)21-18(28-19)13-9-10-16(15(11-13)23(25)26)27-14-7-5-4-6-8-14/h3-11H,2H2,1H3/b20-3-. The highest BCUT2D eigenvalue weighted by molar-refractivity contribution is 7.19. The van der Waals surface area contributed by atoms with Gasteiger partial charge in [0.05, 0.1) is 4.92 Å². The van der Waals surface area contributed by atoms with E-state index in [0.29, 0.717) is 21.3 Å². The summed E-state index contributed by atoms with van der Waals surface area (Å²) in [5.41, 5.74) is 0.489. The van der Waals surface area contributed by atoms with Crippen molar-refractivity contribution in [1.82, 2.24) is 4.98 Å². The third kappa shape index (κ3) is 3.99. The minimum Gasteiger partial charge on any atom is -0.450 e. The van der Waals surface area contributed by atoms with E-state index in [1.807, 2.05) is 6.07 Å². The summed E-state index contributed by atoms with van der Waals surface area (Å²) < 4.78 is 5.63. The molecule has 0 N–H and O–H groups in total. The average molecular weight is 394 g/mol. The lowest BCUT2D eigenvalue weighted by molar-refractivity contribution is -0.385. The van der Waals surface area contributed by atoms with E-state index in [2.05, 4.69) is 21.7 Å². The molecule has 0 bridgehead atoms. The fourth-order valence-corrected chi connectivity index (χ4v) is 3.35. The zero-order valence-corrected chi connectivity index (χ0v) is 15.5. The number of rotatable bonds is 7. The molecule has 0 saturated heterocycles. The van der Waals surface area contributed by atoms with Gasteiger partial charge in [0.1, 0.15) is 27.1 Å². The van der Waals surface area contributed by atoms with Crippen LogP contribution in [0.5, 0.6) is 11.5 Å². The third-order valence-corrected chi connectivity index (χ3v) is 4.63. The SMILES string of the molecule is C=C(N=O)c1nc(-c2ccc(Oc3ccccc3)c([N+](=O)[O-])c2)sc1/N=C\C. The average Bonchev–Trinajstić information content (AvgIpc) is 3.12. The Morgan fingerprint density at radius 1 is 1.29 bits per heavy atom. The van der Waals surface area contributed by atoms with E-state index in [4.69, 9.17) is 4.74 Å². The number of para-hydroxylation sites is 1. The van der Waals surface area contributed by atoms with E-state index >= 15 is 0 Å². The zero-order chi connectivity index (χ0) is 20.1. The minimum atomic E-state index is -0.521. The van der Waals surface area contributed by atoms with Gasteiger partial charge in [-0.2, -0.15) is 0 Å². The van der Waals surface area contributed by atoms with Gasteiger partial charge in [0.2, 0.25) is 5.75 Å². The zero-order valence-electron chi connectivity index (χ0n) is 14.7. The van der Waals surface area contributed by atoms with Crippen molar-refractivity contribution in [2.45, 2.75) is 6.92 Å². The summed E-state index contributed by atoms with van der Waals surface area (Å²) in [7, 11) is 0. The number of thiazole rings is 1. The molecule has 0 amide bonds. The van der Waals surface area contributed by atoms with E-state index in [1.165, 1.54) is 23.5 Å². The topological polar surface area (TPSA) is 107 Å². The van der Waals surface area contributed by atoms with Crippen LogP contribution in [0.25, 0.3) is 16.3 Å². The Morgan fingerprint density at radius 3 is 2.68 bits per heavy atom. The van der Waals surface area contributed by atoms with E-state index < -0.39 is 4.92 Å². The molecule has 3 aromatic rings. The largest absolute Gasteiger partial charge is 0.450 e. The Bertz CT molecular complexity index is 1080. The number of benzene rings is 2. The van der Waals surface area contributed by atoms with Crippen molar-refractivity contribution in [3.05, 3.63) is 75.8 Å². The number of aromatic nitrogens is 1. The minimum absolute atomic E-state index is 0.0540. The maximum atomic E-state index is 11.5. The van der Waals surface area contributed by atoms with Gasteiger partial charge in [-0.1, -0.05) is 36.1 Å². The lowest BCUT2D eigenvalue weighted by Gasteiger charge is -2.07. The molecule has 2 aromatic carbocycles. The first-order valence-corrected chi connectivity index (χ1v) is 8.89. The molecule has 140 valence electrons. The van der Waals surface area contributed by atoms with Gasteiger partial charge in [0.15, 0.2) is 0 Å². The highest BCUT2D eigenvalue weighted by Crippen LogP contribution is 2.40. The second-order valence-electron chi connectivity index (χ2n) is 5.45. The molecule has 0 aliphatic carbocycles. The van der Waals surface area contributed by atoms with Crippen LogP contribution in [0.3, 0.4) is 0 Å². The van der Waals surface area contributed by atoms with Gasteiger partial charge in [0, 0.05) is 17.8 Å². The van der Waals surface area contributed by atoms with Gasteiger partial charge in [-0.05, 0) is 36.4 Å². The highest BCUT2D eigenvalue weighted by atomic mass is 32.1. The van der Waals surface area contributed by atoms with Crippen LogP contribution in [0.15, 0.2) is 65.3 Å². The van der Waals surface area contributed by atoms with Crippen molar-refractivity contribution in [3.8, 4) is 22.1 Å². The van der Waals surface area contributed by atoms with Crippen LogP contribution >= 0.6 is 11.3 Å².